The predicted octanol–water partition coefficient (Wildman–Crippen LogP) is 0.964. The molecule has 1 aliphatic rings. The normalized spacial score (nSPS) is 24.0. The molecular weight excluding hydrogens is 196 g/mol. The summed E-state index contributed by atoms with van der Waals surface area (Å²) < 4.78 is 0. The number of rotatable bonds is 3. The summed E-state index contributed by atoms with van der Waals surface area (Å²) in [5, 5.41) is 16.3. The van der Waals surface area contributed by atoms with Crippen molar-refractivity contribution < 1.29 is 5.11 Å². The standard InChI is InChI=1S/C10H16N2OS/c1-7-6-14-10(12-7)4-9(13)8-2-3-11-5-8/h6,8-9,11,13H,2-5H2,1H3/t8-,9?/m0/s1. The highest BCUT2D eigenvalue weighted by atomic mass is 32.1. The van der Waals surface area contributed by atoms with E-state index in [1.807, 2.05) is 12.3 Å². The van der Waals surface area contributed by atoms with Gasteiger partial charge in [-0.2, -0.15) is 0 Å². The second kappa shape index (κ2) is 4.38. The second-order valence-electron chi connectivity index (χ2n) is 3.91. The van der Waals surface area contributed by atoms with Crippen molar-refractivity contribution in [1.29, 1.82) is 0 Å². The average molecular weight is 212 g/mol. The molecule has 0 radical (unpaired) electrons. The maximum Gasteiger partial charge on any atom is 0.0954 e. The number of aryl methyl sites for hydroxylation is 1. The minimum absolute atomic E-state index is 0.226. The molecule has 2 rings (SSSR count). The van der Waals surface area contributed by atoms with E-state index in [9.17, 15) is 5.11 Å². The molecule has 2 heterocycles. The zero-order valence-electron chi connectivity index (χ0n) is 8.36. The maximum atomic E-state index is 9.94. The Morgan fingerprint density at radius 2 is 2.64 bits per heavy atom. The van der Waals surface area contributed by atoms with E-state index in [1.54, 1.807) is 11.3 Å². The van der Waals surface area contributed by atoms with Gasteiger partial charge < -0.3 is 10.4 Å². The Balaban J connectivity index is 1.90. The fourth-order valence-electron chi connectivity index (χ4n) is 1.85. The third kappa shape index (κ3) is 2.32. The van der Waals surface area contributed by atoms with Crippen LogP contribution in [0, 0.1) is 12.8 Å². The van der Waals surface area contributed by atoms with E-state index in [4.69, 9.17) is 0 Å². The second-order valence-corrected chi connectivity index (χ2v) is 4.85. The van der Waals surface area contributed by atoms with E-state index in [0.717, 1.165) is 30.2 Å². The van der Waals surface area contributed by atoms with Crippen molar-refractivity contribution in [3.05, 3.63) is 16.1 Å². The molecular formula is C10H16N2OS. The van der Waals surface area contributed by atoms with Crippen LogP contribution in [0.3, 0.4) is 0 Å². The molecule has 0 bridgehead atoms. The van der Waals surface area contributed by atoms with Crippen LogP contribution in [0.25, 0.3) is 0 Å². The van der Waals surface area contributed by atoms with Crippen molar-refractivity contribution in [3.63, 3.8) is 0 Å². The SMILES string of the molecule is Cc1csc(CC(O)[C@H]2CCNC2)n1. The molecule has 1 saturated heterocycles. The first-order chi connectivity index (χ1) is 6.75. The summed E-state index contributed by atoms with van der Waals surface area (Å²) in [6.45, 7) is 3.98. The van der Waals surface area contributed by atoms with Gasteiger partial charge in [-0.3, -0.25) is 0 Å². The van der Waals surface area contributed by atoms with Crippen molar-refractivity contribution in [2.45, 2.75) is 25.9 Å². The molecule has 1 fully saturated rings. The zero-order chi connectivity index (χ0) is 9.97. The summed E-state index contributed by atoms with van der Waals surface area (Å²) in [5.41, 5.74) is 1.06. The Kier molecular flexibility index (Phi) is 3.15. The van der Waals surface area contributed by atoms with Gasteiger partial charge in [0.25, 0.3) is 0 Å². The van der Waals surface area contributed by atoms with Crippen LogP contribution in [-0.2, 0) is 6.42 Å². The number of aliphatic hydroxyl groups excluding tert-OH is 1. The monoisotopic (exact) mass is 212 g/mol. The van der Waals surface area contributed by atoms with Crippen molar-refractivity contribution in [1.82, 2.24) is 10.3 Å². The van der Waals surface area contributed by atoms with Crippen LogP contribution >= 0.6 is 11.3 Å². The van der Waals surface area contributed by atoms with E-state index in [1.165, 1.54) is 0 Å². The average Bonchev–Trinajstić information content (AvgIpc) is 2.75. The van der Waals surface area contributed by atoms with Gasteiger partial charge in [-0.05, 0) is 25.8 Å². The summed E-state index contributed by atoms with van der Waals surface area (Å²) in [6, 6.07) is 0. The summed E-state index contributed by atoms with van der Waals surface area (Å²) in [4.78, 5) is 4.36. The molecule has 0 amide bonds. The number of nitrogens with zero attached hydrogens (tertiary/aromatic N) is 1. The highest BCUT2D eigenvalue weighted by molar-refractivity contribution is 7.09. The van der Waals surface area contributed by atoms with E-state index in [0.29, 0.717) is 12.3 Å². The molecule has 14 heavy (non-hydrogen) atoms. The summed E-state index contributed by atoms with van der Waals surface area (Å²) in [5.74, 6) is 0.416. The van der Waals surface area contributed by atoms with Gasteiger partial charge in [0.1, 0.15) is 0 Å². The van der Waals surface area contributed by atoms with Gasteiger partial charge in [-0.15, -0.1) is 11.3 Å². The van der Waals surface area contributed by atoms with Gasteiger partial charge in [0.05, 0.1) is 11.1 Å². The molecule has 3 nitrogen and oxygen atoms in total. The van der Waals surface area contributed by atoms with Crippen LogP contribution in [0.5, 0.6) is 0 Å². The molecule has 2 N–H and O–H groups in total. The number of hydrogen-bond donors (Lipinski definition) is 2. The first kappa shape index (κ1) is 10.1. The molecule has 1 aromatic heterocycles. The van der Waals surface area contributed by atoms with Gasteiger partial charge in [0.2, 0.25) is 0 Å². The third-order valence-corrected chi connectivity index (χ3v) is 3.68. The highest BCUT2D eigenvalue weighted by Crippen LogP contribution is 2.18. The quantitative estimate of drug-likeness (QED) is 0.784. The lowest BCUT2D eigenvalue weighted by Gasteiger charge is -2.15. The van der Waals surface area contributed by atoms with Crippen molar-refractivity contribution in [3.8, 4) is 0 Å². The van der Waals surface area contributed by atoms with Gasteiger partial charge in [-0.25, -0.2) is 4.98 Å². The fourth-order valence-corrected chi connectivity index (χ4v) is 2.67. The summed E-state index contributed by atoms with van der Waals surface area (Å²) in [7, 11) is 0. The number of hydrogen-bond acceptors (Lipinski definition) is 4. The molecule has 0 aliphatic carbocycles. The van der Waals surface area contributed by atoms with Crippen LogP contribution in [0.15, 0.2) is 5.38 Å². The van der Waals surface area contributed by atoms with Gasteiger partial charge in [-0.1, -0.05) is 0 Å². The first-order valence-electron chi connectivity index (χ1n) is 5.05. The highest BCUT2D eigenvalue weighted by Gasteiger charge is 2.23. The van der Waals surface area contributed by atoms with Crippen LogP contribution in [0.2, 0.25) is 0 Å². The lowest BCUT2D eigenvalue weighted by molar-refractivity contribution is 0.117. The molecule has 2 atom stereocenters. The molecule has 4 heteroatoms. The number of aliphatic hydroxyl groups is 1. The summed E-state index contributed by atoms with van der Waals surface area (Å²) in [6.07, 6.45) is 1.58. The van der Waals surface area contributed by atoms with Crippen molar-refractivity contribution >= 4 is 11.3 Å². The van der Waals surface area contributed by atoms with Crippen LogP contribution in [-0.4, -0.2) is 29.3 Å². The third-order valence-electron chi connectivity index (χ3n) is 2.69. The first-order valence-corrected chi connectivity index (χ1v) is 5.93. The van der Waals surface area contributed by atoms with E-state index in [-0.39, 0.29) is 6.10 Å². The Bertz CT molecular complexity index is 294. The largest absolute Gasteiger partial charge is 0.392 e. The lowest BCUT2D eigenvalue weighted by Crippen LogP contribution is -2.24. The van der Waals surface area contributed by atoms with Crippen molar-refractivity contribution in [2.24, 2.45) is 5.92 Å². The number of thiazole rings is 1. The van der Waals surface area contributed by atoms with Crippen LogP contribution < -0.4 is 5.32 Å². The smallest absolute Gasteiger partial charge is 0.0954 e. The van der Waals surface area contributed by atoms with Gasteiger partial charge in [0.15, 0.2) is 0 Å². The van der Waals surface area contributed by atoms with E-state index < -0.39 is 0 Å². The Morgan fingerprint density at radius 3 is 3.21 bits per heavy atom. The molecule has 0 saturated carbocycles. The Hall–Kier alpha value is -0.450. The van der Waals surface area contributed by atoms with Crippen LogP contribution in [0.4, 0.5) is 0 Å². The minimum Gasteiger partial charge on any atom is -0.392 e. The van der Waals surface area contributed by atoms with Gasteiger partial charge >= 0.3 is 0 Å². The molecule has 1 aliphatic heterocycles. The maximum absolute atomic E-state index is 9.94. The van der Waals surface area contributed by atoms with Crippen molar-refractivity contribution in [2.75, 3.05) is 13.1 Å². The topological polar surface area (TPSA) is 45.1 Å². The fraction of sp³-hybridized carbons (Fsp3) is 0.700. The molecule has 0 spiro atoms. The minimum atomic E-state index is -0.226. The Morgan fingerprint density at radius 1 is 1.79 bits per heavy atom. The van der Waals surface area contributed by atoms with E-state index >= 15 is 0 Å². The molecule has 0 aromatic carbocycles. The van der Waals surface area contributed by atoms with Crippen LogP contribution in [0.1, 0.15) is 17.1 Å². The number of nitrogens with one attached hydrogen (secondary N) is 1. The molecule has 1 aromatic rings. The molecule has 1 unspecified atom stereocenters. The molecule has 78 valence electrons. The van der Waals surface area contributed by atoms with E-state index in [2.05, 4.69) is 10.3 Å². The predicted molar refractivity (Wildman–Crippen MR) is 57.5 cm³/mol. The summed E-state index contributed by atoms with van der Waals surface area (Å²) >= 11 is 1.65. The Labute approximate surface area is 88.2 Å². The van der Waals surface area contributed by atoms with Gasteiger partial charge in [0, 0.05) is 24.0 Å². The lowest BCUT2D eigenvalue weighted by atomic mass is 9.99. The zero-order valence-corrected chi connectivity index (χ0v) is 9.18. The number of aromatic nitrogens is 1.